The number of ether oxygens (including phenoxy) is 1. The standard InChI is InChI=1S/C16H14N4O4S/c1-2-23-16(22)14(15-17-13(21)9-25-15)19-18-12-8-11(24-20-12)10-6-4-3-5-7-10/h3-8H,2,9H2,1H3,(H,18,20). The van der Waals surface area contributed by atoms with Crippen molar-refractivity contribution >= 4 is 40.2 Å². The Labute approximate surface area is 147 Å². The molecule has 1 N–H and O–H groups in total. The topological polar surface area (TPSA) is 106 Å². The molecule has 9 heteroatoms. The van der Waals surface area contributed by atoms with Crippen LogP contribution >= 0.6 is 11.8 Å². The Hall–Kier alpha value is -2.94. The Morgan fingerprint density at radius 3 is 2.88 bits per heavy atom. The minimum absolute atomic E-state index is 0.0676. The van der Waals surface area contributed by atoms with Crippen LogP contribution in [0.4, 0.5) is 5.82 Å². The largest absolute Gasteiger partial charge is 0.461 e. The maximum Gasteiger partial charge on any atom is 0.361 e. The SMILES string of the molecule is CCOC(=O)C(=NNc1cc(-c2ccccc2)on1)C1=NC(=O)CS1. The van der Waals surface area contributed by atoms with E-state index in [9.17, 15) is 9.59 Å². The van der Waals surface area contributed by atoms with Gasteiger partial charge in [-0.25, -0.2) is 9.79 Å². The first kappa shape index (κ1) is 16.9. The lowest BCUT2D eigenvalue weighted by molar-refractivity contribution is -0.134. The highest BCUT2D eigenvalue weighted by atomic mass is 32.2. The summed E-state index contributed by atoms with van der Waals surface area (Å²) in [5.41, 5.74) is 3.44. The van der Waals surface area contributed by atoms with Crippen molar-refractivity contribution in [2.45, 2.75) is 6.92 Å². The van der Waals surface area contributed by atoms with Crippen LogP contribution in [0.5, 0.6) is 0 Å². The van der Waals surface area contributed by atoms with Gasteiger partial charge < -0.3 is 9.26 Å². The Kier molecular flexibility index (Phi) is 5.24. The summed E-state index contributed by atoms with van der Waals surface area (Å²) in [6.07, 6.45) is 0. The molecule has 1 amide bonds. The molecule has 1 aromatic heterocycles. The third-order valence-electron chi connectivity index (χ3n) is 3.08. The molecule has 8 nitrogen and oxygen atoms in total. The number of amides is 1. The van der Waals surface area contributed by atoms with Gasteiger partial charge in [-0.1, -0.05) is 47.3 Å². The number of benzene rings is 1. The smallest absolute Gasteiger partial charge is 0.361 e. The van der Waals surface area contributed by atoms with E-state index >= 15 is 0 Å². The van der Waals surface area contributed by atoms with Crippen molar-refractivity contribution < 1.29 is 18.8 Å². The number of thioether (sulfide) groups is 1. The molecule has 25 heavy (non-hydrogen) atoms. The molecule has 0 saturated carbocycles. The number of nitrogens with one attached hydrogen (secondary N) is 1. The number of anilines is 1. The van der Waals surface area contributed by atoms with Gasteiger partial charge in [0.05, 0.1) is 12.4 Å². The van der Waals surface area contributed by atoms with E-state index < -0.39 is 5.97 Å². The Balaban J connectivity index is 1.79. The van der Waals surface area contributed by atoms with Crippen LogP contribution in [0.1, 0.15) is 6.92 Å². The first-order chi connectivity index (χ1) is 12.2. The number of esters is 1. The van der Waals surface area contributed by atoms with Gasteiger partial charge in [0.1, 0.15) is 5.04 Å². The normalized spacial score (nSPS) is 14.4. The van der Waals surface area contributed by atoms with Gasteiger partial charge in [0.25, 0.3) is 5.91 Å². The van der Waals surface area contributed by atoms with Crippen molar-refractivity contribution in [3.63, 3.8) is 0 Å². The predicted octanol–water partition coefficient (Wildman–Crippen LogP) is 2.34. The van der Waals surface area contributed by atoms with Crippen LogP contribution in [-0.2, 0) is 14.3 Å². The molecule has 2 aromatic rings. The van der Waals surface area contributed by atoms with E-state index in [4.69, 9.17) is 9.26 Å². The second-order valence-corrected chi connectivity index (χ2v) is 5.80. The third-order valence-corrected chi connectivity index (χ3v) is 4.03. The van der Waals surface area contributed by atoms with Crippen LogP contribution in [-0.4, -0.2) is 40.1 Å². The van der Waals surface area contributed by atoms with Gasteiger partial charge in [0.15, 0.2) is 11.6 Å². The number of aromatic nitrogens is 1. The van der Waals surface area contributed by atoms with Gasteiger partial charge in [0, 0.05) is 11.6 Å². The molecule has 1 aromatic carbocycles. The molecule has 0 bridgehead atoms. The van der Waals surface area contributed by atoms with E-state index in [1.807, 2.05) is 30.3 Å². The Bertz CT molecular complexity index is 845. The van der Waals surface area contributed by atoms with Gasteiger partial charge >= 0.3 is 5.97 Å². The number of nitrogens with zero attached hydrogens (tertiary/aromatic N) is 3. The number of hydrazone groups is 1. The summed E-state index contributed by atoms with van der Waals surface area (Å²) in [6, 6.07) is 11.1. The zero-order valence-electron chi connectivity index (χ0n) is 13.3. The van der Waals surface area contributed by atoms with E-state index in [1.54, 1.807) is 13.0 Å². The molecule has 0 saturated heterocycles. The predicted molar refractivity (Wildman–Crippen MR) is 94.5 cm³/mol. The van der Waals surface area contributed by atoms with Crippen LogP contribution in [0.25, 0.3) is 11.3 Å². The van der Waals surface area contributed by atoms with Gasteiger partial charge in [-0.15, -0.1) is 0 Å². The molecule has 0 fully saturated rings. The van der Waals surface area contributed by atoms with E-state index in [1.165, 1.54) is 0 Å². The van der Waals surface area contributed by atoms with Crippen LogP contribution in [0, 0.1) is 0 Å². The van der Waals surface area contributed by atoms with Gasteiger partial charge in [-0.2, -0.15) is 5.10 Å². The summed E-state index contributed by atoms with van der Waals surface area (Å²) in [5.74, 6) is 0.0671. The zero-order chi connectivity index (χ0) is 17.6. The van der Waals surface area contributed by atoms with Crippen LogP contribution in [0.3, 0.4) is 0 Å². The highest BCUT2D eigenvalue weighted by Gasteiger charge is 2.26. The van der Waals surface area contributed by atoms with E-state index in [0.717, 1.165) is 17.3 Å². The van der Waals surface area contributed by atoms with Gasteiger partial charge in [-0.3, -0.25) is 10.2 Å². The van der Waals surface area contributed by atoms with Crippen molar-refractivity contribution in [2.75, 3.05) is 17.8 Å². The number of carbonyl (C=O) groups excluding carboxylic acids is 2. The molecule has 1 aliphatic rings. The maximum atomic E-state index is 12.0. The quantitative estimate of drug-likeness (QED) is 0.480. The molecule has 2 heterocycles. The second kappa shape index (κ2) is 7.75. The molecule has 0 radical (unpaired) electrons. The monoisotopic (exact) mass is 358 g/mol. The number of hydrogen-bond donors (Lipinski definition) is 1. The van der Waals surface area contributed by atoms with Crippen molar-refractivity contribution in [3.8, 4) is 11.3 Å². The molecule has 128 valence electrons. The lowest BCUT2D eigenvalue weighted by Crippen LogP contribution is -2.25. The average Bonchev–Trinajstić information content (AvgIpc) is 3.26. The molecule has 0 spiro atoms. The minimum Gasteiger partial charge on any atom is -0.461 e. The average molecular weight is 358 g/mol. The first-order valence-corrected chi connectivity index (χ1v) is 8.43. The van der Waals surface area contributed by atoms with Crippen LogP contribution in [0.15, 0.2) is 51.0 Å². The van der Waals surface area contributed by atoms with E-state index in [2.05, 4.69) is 20.7 Å². The third kappa shape index (κ3) is 4.13. The fraction of sp³-hybridized carbons (Fsp3) is 0.188. The van der Waals surface area contributed by atoms with Crippen molar-refractivity contribution in [1.29, 1.82) is 0 Å². The van der Waals surface area contributed by atoms with Crippen molar-refractivity contribution in [2.24, 2.45) is 10.1 Å². The second-order valence-electron chi connectivity index (χ2n) is 4.83. The van der Waals surface area contributed by atoms with Crippen LogP contribution < -0.4 is 5.43 Å². The molecule has 3 rings (SSSR count). The summed E-state index contributed by atoms with van der Waals surface area (Å²) < 4.78 is 10.2. The molecule has 0 aliphatic carbocycles. The molecular formula is C16H14N4O4S. The maximum absolute atomic E-state index is 12.0. The Morgan fingerprint density at radius 1 is 1.40 bits per heavy atom. The van der Waals surface area contributed by atoms with Gasteiger partial charge in [0.2, 0.25) is 5.71 Å². The molecular weight excluding hydrogens is 344 g/mol. The number of rotatable bonds is 6. The lowest BCUT2D eigenvalue weighted by atomic mass is 10.2. The summed E-state index contributed by atoms with van der Waals surface area (Å²) in [5, 5.41) is 8.08. The minimum atomic E-state index is -0.664. The number of aliphatic imine (C=N–C) groups is 1. The number of hydrogen-bond acceptors (Lipinski definition) is 8. The molecule has 0 unspecified atom stereocenters. The molecule has 0 atom stereocenters. The highest BCUT2D eigenvalue weighted by Crippen LogP contribution is 2.22. The lowest BCUT2D eigenvalue weighted by Gasteiger charge is -2.04. The first-order valence-electron chi connectivity index (χ1n) is 7.45. The van der Waals surface area contributed by atoms with E-state index in [0.29, 0.717) is 11.6 Å². The highest BCUT2D eigenvalue weighted by molar-refractivity contribution is 8.17. The Morgan fingerprint density at radius 2 is 2.20 bits per heavy atom. The summed E-state index contributed by atoms with van der Waals surface area (Å²) in [7, 11) is 0. The summed E-state index contributed by atoms with van der Waals surface area (Å²) >= 11 is 1.13. The fourth-order valence-corrected chi connectivity index (χ4v) is 2.75. The van der Waals surface area contributed by atoms with Crippen molar-refractivity contribution in [3.05, 3.63) is 36.4 Å². The summed E-state index contributed by atoms with van der Waals surface area (Å²) in [6.45, 7) is 1.87. The molecule has 1 aliphatic heterocycles. The van der Waals surface area contributed by atoms with E-state index in [-0.39, 0.29) is 29.0 Å². The van der Waals surface area contributed by atoms with Crippen molar-refractivity contribution in [1.82, 2.24) is 5.16 Å². The number of carbonyl (C=O) groups is 2. The van der Waals surface area contributed by atoms with Crippen LogP contribution in [0.2, 0.25) is 0 Å². The fourth-order valence-electron chi connectivity index (χ4n) is 1.99. The van der Waals surface area contributed by atoms with Gasteiger partial charge in [-0.05, 0) is 6.92 Å². The summed E-state index contributed by atoms with van der Waals surface area (Å²) in [4.78, 5) is 27.1. The zero-order valence-corrected chi connectivity index (χ0v) is 14.1.